The van der Waals surface area contributed by atoms with E-state index in [0.29, 0.717) is 0 Å². The van der Waals surface area contributed by atoms with Crippen molar-refractivity contribution < 1.29 is 0 Å². The van der Waals surface area contributed by atoms with Gasteiger partial charge in [-0.3, -0.25) is 4.99 Å². The van der Waals surface area contributed by atoms with Crippen LogP contribution in [0.3, 0.4) is 0 Å². The molecule has 0 radical (unpaired) electrons. The maximum absolute atomic E-state index is 4.27. The molecule has 0 aromatic rings. The quantitative estimate of drug-likeness (QED) is 0.518. The van der Waals surface area contributed by atoms with Crippen molar-refractivity contribution >= 4 is 5.71 Å². The van der Waals surface area contributed by atoms with E-state index in [9.17, 15) is 0 Å². The van der Waals surface area contributed by atoms with Crippen molar-refractivity contribution in [2.45, 2.75) is 20.8 Å². The molecule has 1 heteroatoms. The van der Waals surface area contributed by atoms with Crippen LogP contribution in [0.2, 0.25) is 0 Å². The summed E-state index contributed by atoms with van der Waals surface area (Å²) in [6.45, 7) is 6.26. The minimum atomic E-state index is 1.12. The molecule has 1 aliphatic carbocycles. The van der Waals surface area contributed by atoms with Gasteiger partial charge in [0.25, 0.3) is 0 Å². The van der Waals surface area contributed by atoms with E-state index in [1.165, 1.54) is 16.7 Å². The fraction of sp³-hybridized carbons (Fsp3) is 0.364. The first-order chi connectivity index (χ1) is 5.70. The first-order valence-corrected chi connectivity index (χ1v) is 4.20. The maximum atomic E-state index is 4.27. The molecule has 0 fully saturated rings. The summed E-state index contributed by atoms with van der Waals surface area (Å²) in [5, 5.41) is 0. The second kappa shape index (κ2) is 3.53. The summed E-state index contributed by atoms with van der Waals surface area (Å²) in [4.78, 5) is 4.27. The zero-order valence-corrected chi connectivity index (χ0v) is 8.18. The molecular formula is C11H15N. The third-order valence-electron chi connectivity index (χ3n) is 2.15. The molecule has 0 saturated carbocycles. The number of hydrogen-bond acceptors (Lipinski definition) is 1. The molecule has 0 N–H and O–H groups in total. The largest absolute Gasteiger partial charge is 0.288 e. The van der Waals surface area contributed by atoms with Crippen molar-refractivity contribution in [3.8, 4) is 0 Å². The summed E-state index contributed by atoms with van der Waals surface area (Å²) < 4.78 is 0. The zero-order chi connectivity index (χ0) is 9.14. The van der Waals surface area contributed by atoms with E-state index in [1.807, 2.05) is 7.05 Å². The molecule has 0 amide bonds. The fourth-order valence-corrected chi connectivity index (χ4v) is 1.48. The SMILES string of the molecule is C/C=C1/C(C)=CC=C(C)/C1=N/C. The van der Waals surface area contributed by atoms with Crippen LogP contribution in [0.5, 0.6) is 0 Å². The van der Waals surface area contributed by atoms with Gasteiger partial charge in [-0.05, 0) is 37.5 Å². The lowest BCUT2D eigenvalue weighted by Gasteiger charge is -2.15. The van der Waals surface area contributed by atoms with Gasteiger partial charge in [0.05, 0.1) is 5.71 Å². The fourth-order valence-electron chi connectivity index (χ4n) is 1.48. The van der Waals surface area contributed by atoms with Crippen molar-refractivity contribution in [1.82, 2.24) is 0 Å². The van der Waals surface area contributed by atoms with Crippen LogP contribution in [-0.4, -0.2) is 12.8 Å². The van der Waals surface area contributed by atoms with Gasteiger partial charge in [-0.25, -0.2) is 0 Å². The molecule has 0 spiro atoms. The van der Waals surface area contributed by atoms with E-state index < -0.39 is 0 Å². The Morgan fingerprint density at radius 2 is 1.75 bits per heavy atom. The standard InChI is InChI=1S/C11H15N/c1-5-10-8(2)6-7-9(3)11(10)12-4/h5-7H,1-4H3/b10-5-,12-11-. The third-order valence-corrected chi connectivity index (χ3v) is 2.15. The lowest BCUT2D eigenvalue weighted by atomic mass is 9.92. The molecular weight excluding hydrogens is 146 g/mol. The van der Waals surface area contributed by atoms with Crippen LogP contribution in [-0.2, 0) is 0 Å². The maximum Gasteiger partial charge on any atom is 0.0671 e. The van der Waals surface area contributed by atoms with Gasteiger partial charge in [0.1, 0.15) is 0 Å². The molecule has 0 aliphatic heterocycles. The molecule has 0 atom stereocenters. The van der Waals surface area contributed by atoms with E-state index in [0.717, 1.165) is 5.71 Å². The summed E-state index contributed by atoms with van der Waals surface area (Å²) in [7, 11) is 1.84. The summed E-state index contributed by atoms with van der Waals surface area (Å²) in [5.41, 5.74) is 4.93. The van der Waals surface area contributed by atoms with E-state index in [2.05, 4.69) is 44.0 Å². The van der Waals surface area contributed by atoms with Crippen LogP contribution in [0.4, 0.5) is 0 Å². The average molecular weight is 161 g/mol. The zero-order valence-electron chi connectivity index (χ0n) is 8.18. The molecule has 1 rings (SSSR count). The highest BCUT2D eigenvalue weighted by molar-refractivity contribution is 6.15. The van der Waals surface area contributed by atoms with Gasteiger partial charge in [0.15, 0.2) is 0 Å². The summed E-state index contributed by atoms with van der Waals surface area (Å²) in [5.74, 6) is 0. The number of allylic oxidation sites excluding steroid dienone is 6. The minimum absolute atomic E-state index is 1.12. The highest BCUT2D eigenvalue weighted by atomic mass is 14.7. The lowest BCUT2D eigenvalue weighted by Crippen LogP contribution is -2.09. The van der Waals surface area contributed by atoms with Gasteiger partial charge in [0.2, 0.25) is 0 Å². The highest BCUT2D eigenvalue weighted by Gasteiger charge is 2.12. The first kappa shape index (κ1) is 8.98. The van der Waals surface area contributed by atoms with E-state index in [-0.39, 0.29) is 0 Å². The van der Waals surface area contributed by atoms with Crippen molar-refractivity contribution in [3.63, 3.8) is 0 Å². The molecule has 64 valence electrons. The molecule has 1 aliphatic rings. The predicted molar refractivity (Wildman–Crippen MR) is 54.6 cm³/mol. The molecule has 1 nitrogen and oxygen atoms in total. The Balaban J connectivity index is 3.20. The number of aliphatic imine (C=N–C) groups is 1. The molecule has 12 heavy (non-hydrogen) atoms. The van der Waals surface area contributed by atoms with Crippen LogP contribution in [0.1, 0.15) is 20.8 Å². The van der Waals surface area contributed by atoms with Crippen LogP contribution in [0, 0.1) is 0 Å². The molecule has 0 aromatic carbocycles. The third kappa shape index (κ3) is 1.40. The number of nitrogens with zero attached hydrogens (tertiary/aromatic N) is 1. The van der Waals surface area contributed by atoms with Crippen LogP contribution in [0.15, 0.2) is 39.9 Å². The number of hydrogen-bond donors (Lipinski definition) is 0. The Kier molecular flexibility index (Phi) is 2.64. The van der Waals surface area contributed by atoms with Crippen molar-refractivity contribution in [3.05, 3.63) is 34.9 Å². The summed E-state index contributed by atoms with van der Waals surface area (Å²) >= 11 is 0. The average Bonchev–Trinajstić information content (AvgIpc) is 2.08. The Bertz CT molecular complexity index is 269. The van der Waals surface area contributed by atoms with E-state index in [1.54, 1.807) is 0 Å². The van der Waals surface area contributed by atoms with Crippen molar-refractivity contribution in [2.75, 3.05) is 7.05 Å². The van der Waals surface area contributed by atoms with Gasteiger partial charge < -0.3 is 0 Å². The Labute approximate surface area is 74.2 Å². The normalized spacial score (nSPS) is 24.3. The summed E-state index contributed by atoms with van der Waals surface area (Å²) in [6.07, 6.45) is 6.37. The number of rotatable bonds is 0. The summed E-state index contributed by atoms with van der Waals surface area (Å²) in [6, 6.07) is 0. The smallest absolute Gasteiger partial charge is 0.0671 e. The predicted octanol–water partition coefficient (Wildman–Crippen LogP) is 2.91. The monoisotopic (exact) mass is 161 g/mol. The molecule has 0 saturated heterocycles. The van der Waals surface area contributed by atoms with E-state index >= 15 is 0 Å². The van der Waals surface area contributed by atoms with Crippen molar-refractivity contribution in [2.24, 2.45) is 4.99 Å². The highest BCUT2D eigenvalue weighted by Crippen LogP contribution is 2.21. The minimum Gasteiger partial charge on any atom is -0.288 e. The van der Waals surface area contributed by atoms with E-state index in [4.69, 9.17) is 0 Å². The van der Waals surface area contributed by atoms with Crippen LogP contribution >= 0.6 is 0 Å². The Morgan fingerprint density at radius 1 is 1.17 bits per heavy atom. The molecule has 0 heterocycles. The second-order valence-corrected chi connectivity index (χ2v) is 2.97. The van der Waals surface area contributed by atoms with Gasteiger partial charge >= 0.3 is 0 Å². The van der Waals surface area contributed by atoms with Gasteiger partial charge in [0, 0.05) is 7.05 Å². The topological polar surface area (TPSA) is 12.4 Å². The van der Waals surface area contributed by atoms with Crippen LogP contribution < -0.4 is 0 Å². The first-order valence-electron chi connectivity index (χ1n) is 4.20. The van der Waals surface area contributed by atoms with Crippen molar-refractivity contribution in [1.29, 1.82) is 0 Å². The lowest BCUT2D eigenvalue weighted by molar-refractivity contribution is 1.33. The molecule has 0 unspecified atom stereocenters. The van der Waals surface area contributed by atoms with Gasteiger partial charge in [-0.1, -0.05) is 18.2 Å². The van der Waals surface area contributed by atoms with Gasteiger partial charge in [-0.15, -0.1) is 0 Å². The van der Waals surface area contributed by atoms with Gasteiger partial charge in [-0.2, -0.15) is 0 Å². The Hall–Kier alpha value is -1.11. The Morgan fingerprint density at radius 3 is 2.17 bits per heavy atom. The molecule has 0 aromatic heterocycles. The second-order valence-electron chi connectivity index (χ2n) is 2.97. The van der Waals surface area contributed by atoms with Crippen LogP contribution in [0.25, 0.3) is 0 Å². The molecule has 0 bridgehead atoms.